The highest BCUT2D eigenvalue weighted by Crippen LogP contribution is 2.65. The Labute approximate surface area is 462 Å². The van der Waals surface area contributed by atoms with Crippen molar-refractivity contribution in [3.8, 4) is 0 Å². The molecule has 0 spiro atoms. The van der Waals surface area contributed by atoms with Crippen LogP contribution in [-0.4, -0.2) is 163 Å². The van der Waals surface area contributed by atoms with Gasteiger partial charge in [-0.2, -0.15) is 0 Å². The summed E-state index contributed by atoms with van der Waals surface area (Å²) in [4.78, 5) is 124. The van der Waals surface area contributed by atoms with E-state index in [1.54, 1.807) is 78.9 Å². The number of esters is 7. The zero-order valence-corrected chi connectivity index (χ0v) is 45.8. The van der Waals surface area contributed by atoms with Gasteiger partial charge in [-0.05, 0) is 54.8 Å². The number of benzene rings is 3. The molecule has 11 atom stereocenters. The standard InChI is InChI=1S/C58H68N2O20/c1-33-41(78-54(70)47(66)46(38-18-12-9-13-19-38)59-52(68)39-20-14-10-15-21-39)29-58(71)51(79-53(69)40-22-16-11-17-23-40)49-56(8,50(67)48(77-36(4)63)45(33)55(58,6)7)42(28-43-57(49,31-74-43)80-37(5)64)75-32-76-44(65)30-60(24-26-72-34(2)61)25-27-73-35(3)62/h9-23,41-43,46-49,51,66,71H,24-32H2,1-8H3,(H,59,68)/t41-,42-,43+,46-,47+,48+,49-,51-,56+,57-,58+/m0/s1. The molecule has 3 fully saturated rings. The molecule has 1 aliphatic heterocycles. The number of hydrogen-bond acceptors (Lipinski definition) is 21. The summed E-state index contributed by atoms with van der Waals surface area (Å²) in [5.74, 6) is -9.28. The second kappa shape index (κ2) is 25.0. The number of nitrogens with zero attached hydrogens (tertiary/aromatic N) is 1. The Kier molecular flexibility index (Phi) is 18.8. The van der Waals surface area contributed by atoms with Gasteiger partial charge in [-0.25, -0.2) is 9.59 Å². The van der Waals surface area contributed by atoms with Crippen LogP contribution >= 0.6 is 0 Å². The average molecular weight is 1110 g/mol. The first-order chi connectivity index (χ1) is 37.8. The van der Waals surface area contributed by atoms with Gasteiger partial charge in [0.25, 0.3) is 5.91 Å². The number of fused-ring (bicyclic) bond motifs is 5. The third-order valence-electron chi connectivity index (χ3n) is 15.7. The number of nitrogens with one attached hydrogen (secondary N) is 1. The molecular weight excluding hydrogens is 1040 g/mol. The van der Waals surface area contributed by atoms with Crippen molar-refractivity contribution in [2.24, 2.45) is 16.7 Å². The van der Waals surface area contributed by atoms with Crippen LogP contribution in [0.2, 0.25) is 0 Å². The first-order valence-corrected chi connectivity index (χ1v) is 26.1. The van der Waals surface area contributed by atoms with Crippen LogP contribution in [0.1, 0.15) is 101 Å². The number of Topliss-reactive ketones (excluding diaryl/α,β-unsaturated/α-hetero) is 1. The molecule has 3 aromatic carbocycles. The molecule has 22 nitrogen and oxygen atoms in total. The second-order valence-corrected chi connectivity index (χ2v) is 21.1. The molecule has 1 saturated heterocycles. The molecule has 22 heteroatoms. The molecule has 1 amide bonds. The second-order valence-electron chi connectivity index (χ2n) is 21.1. The molecule has 430 valence electrons. The van der Waals surface area contributed by atoms with E-state index in [0.717, 1.165) is 13.8 Å². The van der Waals surface area contributed by atoms with E-state index in [9.17, 15) is 48.6 Å². The number of aliphatic hydroxyl groups is 2. The zero-order valence-electron chi connectivity index (χ0n) is 45.8. The van der Waals surface area contributed by atoms with E-state index in [-0.39, 0.29) is 55.0 Å². The number of ether oxygens (including phenoxy) is 9. The van der Waals surface area contributed by atoms with Gasteiger partial charge in [0.15, 0.2) is 30.4 Å². The Morgan fingerprint density at radius 3 is 1.86 bits per heavy atom. The van der Waals surface area contributed by atoms with Gasteiger partial charge in [0.2, 0.25) is 0 Å². The molecule has 2 bridgehead atoms. The van der Waals surface area contributed by atoms with Gasteiger partial charge in [0, 0.05) is 64.6 Å². The minimum Gasteiger partial charge on any atom is -0.465 e. The van der Waals surface area contributed by atoms with Crippen molar-refractivity contribution in [1.82, 2.24) is 10.2 Å². The summed E-state index contributed by atoms with van der Waals surface area (Å²) in [5, 5.41) is 28.8. The number of rotatable bonds is 21. The Bertz CT molecular complexity index is 2820. The molecule has 80 heavy (non-hydrogen) atoms. The fraction of sp³-hybridized carbons (Fsp3) is 0.500. The number of amides is 1. The fourth-order valence-corrected chi connectivity index (χ4v) is 11.7. The van der Waals surface area contributed by atoms with Gasteiger partial charge in [0.05, 0.1) is 42.2 Å². The number of carbonyl (C=O) groups excluding carboxylic acids is 9. The van der Waals surface area contributed by atoms with E-state index >= 15 is 4.79 Å². The van der Waals surface area contributed by atoms with Gasteiger partial charge in [0.1, 0.15) is 37.1 Å². The molecule has 4 aliphatic rings. The third-order valence-corrected chi connectivity index (χ3v) is 15.7. The third kappa shape index (κ3) is 12.5. The van der Waals surface area contributed by atoms with E-state index in [2.05, 4.69) is 5.32 Å². The summed E-state index contributed by atoms with van der Waals surface area (Å²) >= 11 is 0. The molecule has 3 aliphatic carbocycles. The Hall–Kier alpha value is -7.37. The fourth-order valence-electron chi connectivity index (χ4n) is 11.7. The summed E-state index contributed by atoms with van der Waals surface area (Å²) in [6.45, 7) is 8.83. The summed E-state index contributed by atoms with van der Waals surface area (Å²) in [7, 11) is 0. The smallest absolute Gasteiger partial charge is 0.338 e. The van der Waals surface area contributed by atoms with E-state index < -0.39 is 150 Å². The maximum Gasteiger partial charge on any atom is 0.338 e. The van der Waals surface area contributed by atoms with Crippen LogP contribution in [-0.2, 0) is 76.2 Å². The topological polar surface area (TPSA) is 292 Å². The first kappa shape index (κ1) is 60.3. The van der Waals surface area contributed by atoms with Crippen molar-refractivity contribution in [3.05, 3.63) is 119 Å². The van der Waals surface area contributed by atoms with Crippen LogP contribution in [0.3, 0.4) is 0 Å². The molecule has 0 aromatic heterocycles. The highest BCUT2D eigenvalue weighted by atomic mass is 16.7. The van der Waals surface area contributed by atoms with Gasteiger partial charge >= 0.3 is 41.8 Å². The number of aliphatic hydroxyl groups excluding tert-OH is 1. The first-order valence-electron chi connectivity index (χ1n) is 26.1. The summed E-state index contributed by atoms with van der Waals surface area (Å²) in [6, 6.07) is 22.6. The van der Waals surface area contributed by atoms with Gasteiger partial charge in [-0.3, -0.25) is 38.5 Å². The van der Waals surface area contributed by atoms with Gasteiger partial charge in [-0.1, -0.05) is 80.6 Å². The summed E-state index contributed by atoms with van der Waals surface area (Å²) < 4.78 is 53.2. The SMILES string of the molecule is CC(=O)OCCN(CCOC(C)=O)CC(=O)OCO[C@H]1C[C@H]2OC[C@@]2(OC(C)=O)[C@H]2[C@H](OC(=O)c3ccccc3)[C@]3(O)C[C@H](OC(=O)[C@H](O)[C@@H](NC(=O)c4ccccc4)c4ccccc4)C(C)=C([C@@H](OC(C)=O)C(=O)[C@]12C)C3(C)C. The van der Waals surface area contributed by atoms with Crippen LogP contribution in [0.25, 0.3) is 0 Å². The van der Waals surface area contributed by atoms with Crippen molar-refractivity contribution in [2.45, 2.75) is 122 Å². The van der Waals surface area contributed by atoms with Crippen LogP contribution in [0, 0.1) is 16.7 Å². The highest BCUT2D eigenvalue weighted by Gasteiger charge is 2.79. The number of ketones is 1. The summed E-state index contributed by atoms with van der Waals surface area (Å²) in [5.41, 5.74) is -7.77. The molecule has 1 heterocycles. The quantitative estimate of drug-likeness (QED) is 0.0593. The number of hydrogen-bond donors (Lipinski definition) is 3. The van der Waals surface area contributed by atoms with Crippen LogP contribution in [0.4, 0.5) is 0 Å². The van der Waals surface area contributed by atoms with Crippen LogP contribution in [0.15, 0.2) is 102 Å². The van der Waals surface area contributed by atoms with E-state index in [0.29, 0.717) is 5.56 Å². The molecule has 2 saturated carbocycles. The zero-order chi connectivity index (χ0) is 58.3. The molecule has 0 unspecified atom stereocenters. The van der Waals surface area contributed by atoms with Crippen molar-refractivity contribution in [3.63, 3.8) is 0 Å². The Morgan fingerprint density at radius 1 is 0.750 bits per heavy atom. The molecule has 3 N–H and O–H groups in total. The lowest BCUT2D eigenvalue weighted by atomic mass is 9.44. The normalized spacial score (nSPS) is 27.2. The predicted molar refractivity (Wildman–Crippen MR) is 277 cm³/mol. The maximum atomic E-state index is 16.3. The lowest BCUT2D eigenvalue weighted by molar-refractivity contribution is -0.351. The van der Waals surface area contributed by atoms with Crippen molar-refractivity contribution >= 4 is 53.5 Å². The van der Waals surface area contributed by atoms with Crippen LogP contribution in [0.5, 0.6) is 0 Å². The van der Waals surface area contributed by atoms with Crippen molar-refractivity contribution in [1.29, 1.82) is 0 Å². The number of carbonyl (C=O) groups is 9. The van der Waals surface area contributed by atoms with Gasteiger partial charge in [-0.15, -0.1) is 0 Å². The molecule has 3 aromatic rings. The van der Waals surface area contributed by atoms with E-state index in [1.807, 2.05) is 0 Å². The Balaban J connectivity index is 1.33. The van der Waals surface area contributed by atoms with Crippen molar-refractivity contribution in [2.75, 3.05) is 46.2 Å². The Morgan fingerprint density at radius 2 is 1.32 bits per heavy atom. The highest BCUT2D eigenvalue weighted by molar-refractivity contribution is 5.96. The van der Waals surface area contributed by atoms with E-state index in [1.165, 1.54) is 58.6 Å². The molecular formula is C58H68N2O20. The van der Waals surface area contributed by atoms with Crippen LogP contribution < -0.4 is 5.32 Å². The largest absolute Gasteiger partial charge is 0.465 e. The van der Waals surface area contributed by atoms with Gasteiger partial charge < -0.3 is 58.2 Å². The lowest BCUT2D eigenvalue weighted by Gasteiger charge is -2.67. The maximum absolute atomic E-state index is 16.3. The van der Waals surface area contributed by atoms with Crippen molar-refractivity contribution < 1.29 is 96.0 Å². The summed E-state index contributed by atoms with van der Waals surface area (Å²) in [6.07, 6.45) is -11.0. The minimum absolute atomic E-state index is 0.00775. The average Bonchev–Trinajstić information content (AvgIpc) is 2.30. The molecule has 0 radical (unpaired) electrons. The predicted octanol–water partition coefficient (Wildman–Crippen LogP) is 3.69. The monoisotopic (exact) mass is 1110 g/mol. The molecule has 7 rings (SSSR count). The minimum atomic E-state index is -2.52. The van der Waals surface area contributed by atoms with E-state index in [4.69, 9.17) is 42.6 Å². The lowest BCUT2D eigenvalue weighted by Crippen LogP contribution is -2.82.